The molecule has 2 heterocycles. The van der Waals surface area contributed by atoms with Crippen LogP contribution in [0.15, 0.2) is 48.8 Å². The van der Waals surface area contributed by atoms with Gasteiger partial charge in [-0.25, -0.2) is 8.78 Å². The smallest absolute Gasteiger partial charge is 0.164 e. The predicted molar refractivity (Wildman–Crippen MR) is 111 cm³/mol. The third kappa shape index (κ3) is 3.93. The summed E-state index contributed by atoms with van der Waals surface area (Å²) in [6.45, 7) is 3.36. The van der Waals surface area contributed by atoms with Gasteiger partial charge in [0.1, 0.15) is 5.82 Å². The standard InChI is InChI=1S/C23H23F2N3O/c1-14-8-16(10-17(24)9-14)20-13-27-12-19(15-2-3-21(25)22(29)11-15)23(20)28-6-4-18(26)5-7-28/h2-3,8-13,18,29H,4-7,26H2,1H3. The Hall–Kier alpha value is -2.99. The molecule has 3 aromatic rings. The Kier molecular flexibility index (Phi) is 5.20. The maximum atomic E-state index is 14.1. The molecular formula is C23H23F2N3O. The van der Waals surface area contributed by atoms with Crippen molar-refractivity contribution in [3.8, 4) is 28.0 Å². The lowest BCUT2D eigenvalue weighted by Gasteiger charge is -2.35. The minimum atomic E-state index is -0.677. The molecule has 0 saturated carbocycles. The Bertz CT molecular complexity index is 1030. The first-order valence-electron chi connectivity index (χ1n) is 9.67. The molecule has 6 heteroatoms. The van der Waals surface area contributed by atoms with Crippen LogP contribution >= 0.6 is 0 Å². The normalized spacial score (nSPS) is 15.0. The maximum absolute atomic E-state index is 14.1. The van der Waals surface area contributed by atoms with Gasteiger partial charge < -0.3 is 15.7 Å². The fraction of sp³-hybridized carbons (Fsp3) is 0.261. The number of anilines is 1. The Morgan fingerprint density at radius 3 is 2.34 bits per heavy atom. The highest BCUT2D eigenvalue weighted by Gasteiger charge is 2.23. The van der Waals surface area contributed by atoms with Crippen LogP contribution in [-0.2, 0) is 0 Å². The van der Waals surface area contributed by atoms with Gasteiger partial charge in [-0.3, -0.25) is 4.98 Å². The van der Waals surface area contributed by atoms with Gasteiger partial charge in [0.15, 0.2) is 11.6 Å². The van der Waals surface area contributed by atoms with Gasteiger partial charge in [0.2, 0.25) is 0 Å². The summed E-state index contributed by atoms with van der Waals surface area (Å²) in [5.74, 6) is -1.40. The molecule has 0 unspecified atom stereocenters. The number of phenolic OH excluding ortho intramolecular Hbond substituents is 1. The second kappa shape index (κ2) is 7.79. The number of hydrogen-bond donors (Lipinski definition) is 2. The van der Waals surface area contributed by atoms with Crippen LogP contribution in [0.5, 0.6) is 5.75 Å². The SMILES string of the molecule is Cc1cc(F)cc(-c2cncc(-c3ccc(F)c(O)c3)c2N2CCC(N)CC2)c1. The minimum Gasteiger partial charge on any atom is -0.505 e. The van der Waals surface area contributed by atoms with Crippen molar-refractivity contribution >= 4 is 5.69 Å². The number of aromatic hydroxyl groups is 1. The second-order valence-electron chi connectivity index (χ2n) is 7.59. The molecule has 1 aromatic heterocycles. The van der Waals surface area contributed by atoms with Crippen LogP contribution in [0.1, 0.15) is 18.4 Å². The van der Waals surface area contributed by atoms with Gasteiger partial charge in [-0.05, 0) is 60.7 Å². The van der Waals surface area contributed by atoms with Crippen LogP contribution in [0.3, 0.4) is 0 Å². The largest absolute Gasteiger partial charge is 0.505 e. The first-order chi connectivity index (χ1) is 13.9. The molecule has 1 aliphatic rings. The predicted octanol–water partition coefficient (Wildman–Crippen LogP) is 4.64. The van der Waals surface area contributed by atoms with E-state index < -0.39 is 11.6 Å². The number of pyridine rings is 1. The number of phenols is 1. The van der Waals surface area contributed by atoms with Crippen molar-refractivity contribution < 1.29 is 13.9 Å². The molecule has 4 nitrogen and oxygen atoms in total. The van der Waals surface area contributed by atoms with E-state index in [0.29, 0.717) is 5.56 Å². The zero-order chi connectivity index (χ0) is 20.5. The van der Waals surface area contributed by atoms with Crippen LogP contribution in [0.2, 0.25) is 0 Å². The Balaban J connectivity index is 1.92. The summed E-state index contributed by atoms with van der Waals surface area (Å²) in [7, 11) is 0. The third-order valence-corrected chi connectivity index (χ3v) is 5.38. The topological polar surface area (TPSA) is 62.4 Å². The van der Waals surface area contributed by atoms with Crippen LogP contribution < -0.4 is 10.6 Å². The van der Waals surface area contributed by atoms with E-state index in [-0.39, 0.29) is 11.9 Å². The van der Waals surface area contributed by atoms with Gasteiger partial charge in [-0.15, -0.1) is 0 Å². The first-order valence-corrected chi connectivity index (χ1v) is 9.67. The molecule has 0 spiro atoms. The first kappa shape index (κ1) is 19.3. The van der Waals surface area contributed by atoms with Gasteiger partial charge in [-0.2, -0.15) is 0 Å². The molecule has 1 fully saturated rings. The molecule has 2 aromatic carbocycles. The molecule has 1 saturated heterocycles. The Morgan fingerprint density at radius 2 is 1.69 bits per heavy atom. The van der Waals surface area contributed by atoms with Gasteiger partial charge in [0, 0.05) is 42.7 Å². The number of nitrogens with zero attached hydrogens (tertiary/aromatic N) is 2. The van der Waals surface area contributed by atoms with Crippen molar-refractivity contribution in [3.63, 3.8) is 0 Å². The summed E-state index contributed by atoms with van der Waals surface area (Å²) in [5, 5.41) is 9.88. The van der Waals surface area contributed by atoms with E-state index in [4.69, 9.17) is 5.73 Å². The summed E-state index contributed by atoms with van der Waals surface area (Å²) in [5.41, 5.74) is 10.7. The quantitative estimate of drug-likeness (QED) is 0.678. The zero-order valence-corrected chi connectivity index (χ0v) is 16.2. The van der Waals surface area contributed by atoms with E-state index in [9.17, 15) is 13.9 Å². The van der Waals surface area contributed by atoms with E-state index in [1.807, 2.05) is 13.0 Å². The Morgan fingerprint density at radius 1 is 1.00 bits per heavy atom. The molecular weight excluding hydrogens is 372 g/mol. The van der Waals surface area contributed by atoms with Crippen LogP contribution in [-0.4, -0.2) is 29.2 Å². The number of halogens is 2. The molecule has 0 atom stereocenters. The number of hydrogen-bond acceptors (Lipinski definition) is 4. The highest BCUT2D eigenvalue weighted by atomic mass is 19.1. The minimum absolute atomic E-state index is 0.159. The van der Waals surface area contributed by atoms with Crippen LogP contribution in [0.25, 0.3) is 22.3 Å². The summed E-state index contributed by atoms with van der Waals surface area (Å²) in [6, 6.07) is 9.31. The number of aryl methyl sites for hydroxylation is 1. The number of nitrogens with two attached hydrogens (primary N) is 1. The molecule has 1 aliphatic heterocycles. The lowest BCUT2D eigenvalue weighted by molar-refractivity contribution is 0.433. The van der Waals surface area contributed by atoms with Gasteiger partial charge in [0.05, 0.1) is 5.69 Å². The number of piperidine rings is 1. The third-order valence-electron chi connectivity index (χ3n) is 5.38. The van der Waals surface area contributed by atoms with Crippen LogP contribution in [0, 0.1) is 18.6 Å². The second-order valence-corrected chi connectivity index (χ2v) is 7.59. The highest BCUT2D eigenvalue weighted by Crippen LogP contribution is 2.41. The zero-order valence-electron chi connectivity index (χ0n) is 16.2. The lowest BCUT2D eigenvalue weighted by Crippen LogP contribution is -2.40. The molecule has 3 N–H and O–H groups in total. The molecule has 4 rings (SSSR count). The molecule has 150 valence electrons. The van der Waals surface area contributed by atoms with Gasteiger partial charge in [-0.1, -0.05) is 12.1 Å². The van der Waals surface area contributed by atoms with Crippen molar-refractivity contribution in [2.45, 2.75) is 25.8 Å². The van der Waals surface area contributed by atoms with E-state index >= 15 is 0 Å². The molecule has 0 radical (unpaired) electrons. The fourth-order valence-corrected chi connectivity index (χ4v) is 3.91. The number of rotatable bonds is 3. The summed E-state index contributed by atoms with van der Waals surface area (Å²) in [6.07, 6.45) is 5.12. The molecule has 0 amide bonds. The fourth-order valence-electron chi connectivity index (χ4n) is 3.91. The summed E-state index contributed by atoms with van der Waals surface area (Å²) in [4.78, 5) is 6.59. The van der Waals surface area contributed by atoms with Crippen molar-refractivity contribution in [2.24, 2.45) is 5.73 Å². The van der Waals surface area contributed by atoms with Gasteiger partial charge in [0.25, 0.3) is 0 Å². The lowest BCUT2D eigenvalue weighted by atomic mass is 9.95. The van der Waals surface area contributed by atoms with Crippen molar-refractivity contribution in [1.82, 2.24) is 4.98 Å². The number of benzene rings is 2. The summed E-state index contributed by atoms with van der Waals surface area (Å²) < 4.78 is 27.7. The van der Waals surface area contributed by atoms with E-state index in [1.165, 1.54) is 24.3 Å². The number of aromatic nitrogens is 1. The van der Waals surface area contributed by atoms with E-state index in [1.54, 1.807) is 18.5 Å². The van der Waals surface area contributed by atoms with Crippen LogP contribution in [0.4, 0.5) is 14.5 Å². The van der Waals surface area contributed by atoms with E-state index in [0.717, 1.165) is 53.9 Å². The van der Waals surface area contributed by atoms with E-state index in [2.05, 4.69) is 9.88 Å². The van der Waals surface area contributed by atoms with Gasteiger partial charge >= 0.3 is 0 Å². The molecule has 29 heavy (non-hydrogen) atoms. The van der Waals surface area contributed by atoms with Crippen molar-refractivity contribution in [2.75, 3.05) is 18.0 Å². The average molecular weight is 395 g/mol. The Labute approximate surface area is 168 Å². The molecule has 0 aliphatic carbocycles. The van der Waals surface area contributed by atoms with Crippen molar-refractivity contribution in [1.29, 1.82) is 0 Å². The highest BCUT2D eigenvalue weighted by molar-refractivity contribution is 5.90. The maximum Gasteiger partial charge on any atom is 0.164 e. The molecule has 0 bridgehead atoms. The monoisotopic (exact) mass is 395 g/mol. The average Bonchev–Trinajstić information content (AvgIpc) is 2.69. The summed E-state index contributed by atoms with van der Waals surface area (Å²) >= 11 is 0. The van der Waals surface area contributed by atoms with Crippen molar-refractivity contribution in [3.05, 3.63) is 66.0 Å².